The first-order valence-electron chi connectivity index (χ1n) is 10.4. The summed E-state index contributed by atoms with van der Waals surface area (Å²) in [4.78, 5) is 10.5. The van der Waals surface area contributed by atoms with Crippen LogP contribution in [-0.4, -0.2) is 25.5 Å². The van der Waals surface area contributed by atoms with Crippen molar-refractivity contribution < 1.29 is 14.3 Å². The van der Waals surface area contributed by atoms with E-state index in [-0.39, 0.29) is 6.10 Å². The Morgan fingerprint density at radius 3 is 2.20 bits per heavy atom. The Bertz CT molecular complexity index is 348. The number of rotatable bonds is 17. The van der Waals surface area contributed by atoms with Crippen molar-refractivity contribution in [3.8, 4) is 0 Å². The normalized spacial score (nSPS) is 13.4. The van der Waals surface area contributed by atoms with E-state index < -0.39 is 14.3 Å². The fourth-order valence-corrected chi connectivity index (χ4v) is 4.02. The van der Waals surface area contributed by atoms with Crippen LogP contribution >= 0.6 is 0 Å². The van der Waals surface area contributed by atoms with Crippen molar-refractivity contribution in [2.24, 2.45) is 0 Å². The molecule has 0 aromatic carbocycles. The van der Waals surface area contributed by atoms with Gasteiger partial charge in [0, 0.05) is 6.42 Å². The van der Waals surface area contributed by atoms with E-state index in [1.807, 2.05) is 0 Å². The largest absolute Gasteiger partial charge is 0.481 e. The second kappa shape index (κ2) is 15.6. The van der Waals surface area contributed by atoms with E-state index in [9.17, 15) is 4.79 Å². The Morgan fingerprint density at radius 1 is 0.960 bits per heavy atom. The van der Waals surface area contributed by atoms with Gasteiger partial charge < -0.3 is 9.53 Å². The molecule has 25 heavy (non-hydrogen) atoms. The number of carboxylic acids is 1. The summed E-state index contributed by atoms with van der Waals surface area (Å²) >= 11 is 0. The molecule has 1 unspecified atom stereocenters. The van der Waals surface area contributed by atoms with Gasteiger partial charge in [0.2, 0.25) is 0 Å². The van der Waals surface area contributed by atoms with Gasteiger partial charge in [0.05, 0.1) is 6.10 Å². The molecule has 0 aliphatic rings. The number of aliphatic carboxylic acids is 1. The third kappa shape index (κ3) is 19.6. The average Bonchev–Trinajstić information content (AvgIpc) is 2.51. The van der Waals surface area contributed by atoms with E-state index in [4.69, 9.17) is 9.53 Å². The summed E-state index contributed by atoms with van der Waals surface area (Å²) in [6.45, 7) is 8.99. The summed E-state index contributed by atoms with van der Waals surface area (Å²) < 4.78 is 6.30. The minimum Gasteiger partial charge on any atom is -0.481 e. The molecule has 0 amide bonds. The molecule has 0 aromatic rings. The van der Waals surface area contributed by atoms with Gasteiger partial charge in [0.25, 0.3) is 0 Å². The summed E-state index contributed by atoms with van der Waals surface area (Å²) in [6.07, 6.45) is 19.4. The van der Waals surface area contributed by atoms with E-state index in [1.165, 1.54) is 38.5 Å². The van der Waals surface area contributed by atoms with Crippen LogP contribution < -0.4 is 0 Å². The van der Waals surface area contributed by atoms with Gasteiger partial charge in [-0.1, -0.05) is 70.4 Å². The maximum atomic E-state index is 10.5. The van der Waals surface area contributed by atoms with Gasteiger partial charge in [-0.2, -0.15) is 0 Å². The molecular formula is C21H42O3Si. The minimum absolute atomic E-state index is 0.242. The smallest absolute Gasteiger partial charge is 0.303 e. The molecule has 148 valence electrons. The Kier molecular flexibility index (Phi) is 15.2. The molecule has 0 spiro atoms. The van der Waals surface area contributed by atoms with Gasteiger partial charge >= 0.3 is 5.97 Å². The topological polar surface area (TPSA) is 46.5 Å². The van der Waals surface area contributed by atoms with Crippen molar-refractivity contribution in [3.05, 3.63) is 12.2 Å². The number of hydrogen-bond donors (Lipinski definition) is 1. The molecule has 0 bridgehead atoms. The lowest BCUT2D eigenvalue weighted by Gasteiger charge is -2.24. The number of allylic oxidation sites excluding steroid dienone is 1. The highest BCUT2D eigenvalue weighted by Crippen LogP contribution is 2.16. The number of hydrogen-bond acceptors (Lipinski definition) is 2. The highest BCUT2D eigenvalue weighted by atomic mass is 28.4. The standard InChI is InChI=1S/C21H42O3Si/c1-5-6-7-8-9-10-11-14-17-20(24-25(2,3)4)18-15-12-13-16-19-21(22)23/h14,17,20H,5-13,15-16,18-19H2,1-4H3,(H,22,23)/b17-14+. The predicted octanol–water partition coefficient (Wildman–Crippen LogP) is 6.94. The van der Waals surface area contributed by atoms with Crippen LogP contribution in [0.25, 0.3) is 0 Å². The summed E-state index contributed by atoms with van der Waals surface area (Å²) in [5.74, 6) is -0.683. The second-order valence-electron chi connectivity index (χ2n) is 8.10. The zero-order valence-corrected chi connectivity index (χ0v) is 18.2. The van der Waals surface area contributed by atoms with Crippen LogP contribution in [-0.2, 0) is 9.22 Å². The molecule has 0 aliphatic heterocycles. The lowest BCUT2D eigenvalue weighted by Crippen LogP contribution is -2.31. The Morgan fingerprint density at radius 2 is 1.56 bits per heavy atom. The molecule has 0 rings (SSSR count). The molecule has 0 aromatic heterocycles. The fourth-order valence-electron chi connectivity index (χ4n) is 2.91. The van der Waals surface area contributed by atoms with Crippen LogP contribution in [0, 0.1) is 0 Å². The van der Waals surface area contributed by atoms with Crippen molar-refractivity contribution >= 4 is 14.3 Å². The molecule has 0 saturated heterocycles. The van der Waals surface area contributed by atoms with Crippen LogP contribution in [0.3, 0.4) is 0 Å². The number of carboxylic acid groups (broad SMARTS) is 1. The SMILES string of the molecule is CCCCCCCC/C=C/C(CCCCCCC(=O)O)O[Si](C)(C)C. The lowest BCUT2D eigenvalue weighted by molar-refractivity contribution is -0.137. The third-order valence-corrected chi connectivity index (χ3v) is 5.22. The molecule has 0 aliphatic carbocycles. The fraction of sp³-hybridized carbons (Fsp3) is 0.857. The van der Waals surface area contributed by atoms with Gasteiger partial charge in [-0.15, -0.1) is 0 Å². The number of carbonyl (C=O) groups is 1. The maximum absolute atomic E-state index is 10.5. The average molecular weight is 371 g/mol. The molecule has 4 heteroatoms. The highest BCUT2D eigenvalue weighted by molar-refractivity contribution is 6.69. The van der Waals surface area contributed by atoms with Gasteiger partial charge in [0.1, 0.15) is 0 Å². The molecule has 0 saturated carbocycles. The maximum Gasteiger partial charge on any atom is 0.303 e. The van der Waals surface area contributed by atoms with Crippen LogP contribution in [0.15, 0.2) is 12.2 Å². The zero-order chi connectivity index (χ0) is 19.0. The Hall–Kier alpha value is -0.613. The zero-order valence-electron chi connectivity index (χ0n) is 17.2. The van der Waals surface area contributed by atoms with Crippen molar-refractivity contribution in [2.45, 2.75) is 116 Å². The first kappa shape index (κ1) is 24.4. The second-order valence-corrected chi connectivity index (χ2v) is 12.6. The monoisotopic (exact) mass is 370 g/mol. The third-order valence-electron chi connectivity index (χ3n) is 4.21. The molecule has 3 nitrogen and oxygen atoms in total. The van der Waals surface area contributed by atoms with Crippen LogP contribution in [0.4, 0.5) is 0 Å². The van der Waals surface area contributed by atoms with Gasteiger partial charge in [-0.25, -0.2) is 0 Å². The first-order chi connectivity index (χ1) is 11.8. The van der Waals surface area contributed by atoms with Crippen LogP contribution in [0.2, 0.25) is 19.6 Å². The Balaban J connectivity index is 3.96. The molecule has 0 heterocycles. The van der Waals surface area contributed by atoms with E-state index in [0.29, 0.717) is 6.42 Å². The molecule has 1 N–H and O–H groups in total. The number of unbranched alkanes of at least 4 members (excludes halogenated alkanes) is 9. The van der Waals surface area contributed by atoms with E-state index in [0.717, 1.165) is 38.5 Å². The van der Waals surface area contributed by atoms with Crippen LogP contribution in [0.5, 0.6) is 0 Å². The predicted molar refractivity (Wildman–Crippen MR) is 111 cm³/mol. The Labute approximate surface area is 157 Å². The molecule has 0 radical (unpaired) electrons. The van der Waals surface area contributed by atoms with Gasteiger partial charge in [0.15, 0.2) is 8.32 Å². The van der Waals surface area contributed by atoms with Crippen molar-refractivity contribution in [1.82, 2.24) is 0 Å². The van der Waals surface area contributed by atoms with E-state index >= 15 is 0 Å². The van der Waals surface area contributed by atoms with Gasteiger partial charge in [-0.3, -0.25) is 4.79 Å². The van der Waals surface area contributed by atoms with Crippen molar-refractivity contribution in [1.29, 1.82) is 0 Å². The van der Waals surface area contributed by atoms with Gasteiger partial charge in [-0.05, 0) is 45.3 Å². The summed E-state index contributed by atoms with van der Waals surface area (Å²) in [7, 11) is -1.53. The summed E-state index contributed by atoms with van der Waals surface area (Å²) in [5, 5.41) is 8.66. The van der Waals surface area contributed by atoms with Crippen molar-refractivity contribution in [3.63, 3.8) is 0 Å². The van der Waals surface area contributed by atoms with Crippen LogP contribution in [0.1, 0.15) is 90.4 Å². The molecule has 0 fully saturated rings. The first-order valence-corrected chi connectivity index (χ1v) is 13.8. The summed E-state index contributed by atoms with van der Waals surface area (Å²) in [5.41, 5.74) is 0. The van der Waals surface area contributed by atoms with E-state index in [2.05, 4.69) is 38.7 Å². The van der Waals surface area contributed by atoms with Crippen molar-refractivity contribution in [2.75, 3.05) is 0 Å². The molecular weight excluding hydrogens is 328 g/mol. The summed E-state index contributed by atoms with van der Waals surface area (Å²) in [6, 6.07) is 0. The highest BCUT2D eigenvalue weighted by Gasteiger charge is 2.19. The molecule has 1 atom stereocenters. The van der Waals surface area contributed by atoms with E-state index in [1.54, 1.807) is 0 Å². The lowest BCUT2D eigenvalue weighted by atomic mass is 10.1. The minimum atomic E-state index is -1.53. The quantitative estimate of drug-likeness (QED) is 0.171.